The Balaban J connectivity index is 1.25. The van der Waals surface area contributed by atoms with Crippen molar-refractivity contribution in [2.45, 2.75) is 18.9 Å². The molecule has 0 aromatic carbocycles. The van der Waals surface area contributed by atoms with Crippen LogP contribution in [0.3, 0.4) is 0 Å². The molecule has 138 valence electrons. The van der Waals surface area contributed by atoms with E-state index in [0.717, 1.165) is 0 Å². The summed E-state index contributed by atoms with van der Waals surface area (Å²) < 4.78 is 5.29. The van der Waals surface area contributed by atoms with E-state index in [1.165, 1.54) is 4.90 Å². The largest absolute Gasteiger partial charge is 0.463 e. The van der Waals surface area contributed by atoms with Crippen LogP contribution in [0.4, 0.5) is 0 Å². The molecule has 1 aliphatic carbocycles. The second kappa shape index (κ2) is 5.94. The normalized spacial score (nSPS) is 25.0. The summed E-state index contributed by atoms with van der Waals surface area (Å²) in [6, 6.07) is 4.94. The van der Waals surface area contributed by atoms with Crippen LogP contribution in [0.15, 0.2) is 41.0 Å². The molecule has 8 nitrogen and oxygen atoms in total. The second-order valence-electron chi connectivity index (χ2n) is 7.21. The number of furan rings is 1. The van der Waals surface area contributed by atoms with Crippen LogP contribution in [0.1, 0.15) is 23.3 Å². The van der Waals surface area contributed by atoms with Crippen molar-refractivity contribution in [3.05, 3.63) is 42.3 Å². The van der Waals surface area contributed by atoms with Gasteiger partial charge in [0, 0.05) is 19.2 Å². The van der Waals surface area contributed by atoms with E-state index in [-0.39, 0.29) is 41.3 Å². The Morgan fingerprint density at radius 2 is 1.85 bits per heavy atom. The number of hydrogen-bond acceptors (Lipinski definition) is 5. The number of allylic oxidation sites excluding steroid dienone is 2. The predicted molar refractivity (Wildman–Crippen MR) is 93.2 cm³/mol. The van der Waals surface area contributed by atoms with Crippen LogP contribution >= 0.6 is 0 Å². The van der Waals surface area contributed by atoms with Crippen molar-refractivity contribution >= 4 is 17.7 Å². The minimum absolute atomic E-state index is 0.0914. The highest BCUT2D eigenvalue weighted by molar-refractivity contribution is 6.06. The molecule has 1 N–H and O–H groups in total. The minimum Gasteiger partial charge on any atom is -0.463 e. The zero-order chi connectivity index (χ0) is 18.5. The number of likely N-dealkylation sites (tertiary alicyclic amines) is 2. The van der Waals surface area contributed by atoms with E-state index in [4.69, 9.17) is 4.42 Å². The van der Waals surface area contributed by atoms with Gasteiger partial charge in [-0.05, 0) is 25.0 Å². The first-order valence-corrected chi connectivity index (χ1v) is 9.04. The van der Waals surface area contributed by atoms with E-state index in [9.17, 15) is 14.4 Å². The summed E-state index contributed by atoms with van der Waals surface area (Å²) in [6.07, 6.45) is 6.75. The average molecular weight is 366 g/mol. The standard InChI is InChI=1S/C19H18N4O4/c24-17-12-4-1-2-5-13(12)18(25)23(17)11-9-22(10-11)19(26)15-8-14(20-21-15)16-6-3-7-27-16/h1-3,6-8,11-13H,4-5,9-10H2,(H,20,21)/t12-,13-/m1/s1. The number of imide groups is 1. The van der Waals surface area contributed by atoms with Crippen LogP contribution in [0, 0.1) is 11.8 Å². The molecule has 8 heteroatoms. The maximum Gasteiger partial charge on any atom is 0.274 e. The number of aromatic amines is 1. The maximum absolute atomic E-state index is 12.6. The lowest BCUT2D eigenvalue weighted by molar-refractivity contribution is -0.145. The molecule has 2 aliphatic heterocycles. The van der Waals surface area contributed by atoms with Crippen molar-refractivity contribution in [1.29, 1.82) is 0 Å². The molecule has 2 aromatic rings. The number of aromatic nitrogens is 2. The molecule has 2 fully saturated rings. The van der Waals surface area contributed by atoms with Crippen LogP contribution in [0.2, 0.25) is 0 Å². The van der Waals surface area contributed by atoms with Gasteiger partial charge in [-0.25, -0.2) is 0 Å². The van der Waals surface area contributed by atoms with E-state index in [2.05, 4.69) is 10.2 Å². The number of rotatable bonds is 3. The molecule has 2 atom stereocenters. The lowest BCUT2D eigenvalue weighted by atomic mass is 9.85. The third-order valence-electron chi connectivity index (χ3n) is 5.64. The van der Waals surface area contributed by atoms with Crippen molar-refractivity contribution in [2.75, 3.05) is 13.1 Å². The van der Waals surface area contributed by atoms with E-state index in [1.54, 1.807) is 29.4 Å². The van der Waals surface area contributed by atoms with Crippen molar-refractivity contribution in [1.82, 2.24) is 20.0 Å². The molecule has 0 saturated carbocycles. The van der Waals surface area contributed by atoms with E-state index >= 15 is 0 Å². The molecule has 27 heavy (non-hydrogen) atoms. The van der Waals surface area contributed by atoms with Crippen LogP contribution in [0.5, 0.6) is 0 Å². The topological polar surface area (TPSA) is 99.5 Å². The van der Waals surface area contributed by atoms with Crippen molar-refractivity contribution in [3.63, 3.8) is 0 Å². The fraction of sp³-hybridized carbons (Fsp3) is 0.368. The van der Waals surface area contributed by atoms with Crippen LogP contribution in [0.25, 0.3) is 11.5 Å². The first-order valence-electron chi connectivity index (χ1n) is 9.04. The number of carbonyl (C=O) groups excluding carboxylic acids is 3. The van der Waals surface area contributed by atoms with Gasteiger partial charge in [-0.3, -0.25) is 24.4 Å². The Labute approximate surface area is 154 Å². The SMILES string of the molecule is O=C(c1cc(-c2ccco2)[nH]n1)N1CC(N2C(=O)[C@@H]3CC=CC[C@H]3C2=O)C1. The predicted octanol–water partition coefficient (Wildman–Crippen LogP) is 1.45. The van der Waals surface area contributed by atoms with Gasteiger partial charge in [0.2, 0.25) is 11.8 Å². The number of fused-ring (bicyclic) bond motifs is 1. The van der Waals surface area contributed by atoms with Gasteiger partial charge < -0.3 is 9.32 Å². The number of amides is 3. The third-order valence-corrected chi connectivity index (χ3v) is 5.64. The van der Waals surface area contributed by atoms with Crippen molar-refractivity contribution < 1.29 is 18.8 Å². The number of nitrogens with one attached hydrogen (secondary N) is 1. The highest BCUT2D eigenvalue weighted by Crippen LogP contribution is 2.37. The van der Waals surface area contributed by atoms with Gasteiger partial charge in [-0.15, -0.1) is 0 Å². The van der Waals surface area contributed by atoms with Gasteiger partial charge in [0.1, 0.15) is 5.69 Å². The van der Waals surface area contributed by atoms with Gasteiger partial charge in [-0.2, -0.15) is 5.10 Å². The van der Waals surface area contributed by atoms with Crippen LogP contribution in [-0.4, -0.2) is 56.9 Å². The summed E-state index contributed by atoms with van der Waals surface area (Å²) in [6.45, 7) is 0.707. The second-order valence-corrected chi connectivity index (χ2v) is 7.21. The van der Waals surface area contributed by atoms with E-state index in [1.807, 2.05) is 12.2 Å². The summed E-state index contributed by atoms with van der Waals surface area (Å²) in [5.74, 6) is -0.257. The Kier molecular flexibility index (Phi) is 3.53. The maximum atomic E-state index is 12.6. The Bertz CT molecular complexity index is 913. The number of H-pyrrole nitrogens is 1. The molecule has 2 aromatic heterocycles. The van der Waals surface area contributed by atoms with Gasteiger partial charge >= 0.3 is 0 Å². The van der Waals surface area contributed by atoms with Crippen molar-refractivity contribution in [3.8, 4) is 11.5 Å². The summed E-state index contributed by atoms with van der Waals surface area (Å²) in [7, 11) is 0. The average Bonchev–Trinajstić information content (AvgIpc) is 3.37. The monoisotopic (exact) mass is 366 g/mol. The van der Waals surface area contributed by atoms with Gasteiger partial charge in [0.15, 0.2) is 11.5 Å². The molecular formula is C19H18N4O4. The fourth-order valence-corrected chi connectivity index (χ4v) is 4.12. The Morgan fingerprint density at radius 1 is 1.15 bits per heavy atom. The summed E-state index contributed by atoms with van der Waals surface area (Å²) in [5.41, 5.74) is 0.915. The van der Waals surface area contributed by atoms with Gasteiger partial charge in [0.25, 0.3) is 5.91 Å². The van der Waals surface area contributed by atoms with Crippen LogP contribution < -0.4 is 0 Å². The summed E-state index contributed by atoms with van der Waals surface area (Å²) >= 11 is 0. The summed E-state index contributed by atoms with van der Waals surface area (Å²) in [5, 5.41) is 6.84. The molecule has 0 bridgehead atoms. The first kappa shape index (κ1) is 16.0. The molecule has 4 heterocycles. The highest BCUT2D eigenvalue weighted by atomic mass is 16.3. The van der Waals surface area contributed by atoms with Gasteiger partial charge in [-0.1, -0.05) is 12.2 Å². The third kappa shape index (κ3) is 2.43. The Hall–Kier alpha value is -3.16. The number of carbonyl (C=O) groups is 3. The zero-order valence-electron chi connectivity index (χ0n) is 14.5. The lowest BCUT2D eigenvalue weighted by Crippen LogP contribution is -2.62. The fourth-order valence-electron chi connectivity index (χ4n) is 4.12. The smallest absolute Gasteiger partial charge is 0.274 e. The molecule has 3 amide bonds. The molecule has 0 radical (unpaired) electrons. The van der Waals surface area contributed by atoms with Crippen LogP contribution in [-0.2, 0) is 9.59 Å². The highest BCUT2D eigenvalue weighted by Gasteiger charge is 2.52. The molecule has 0 spiro atoms. The zero-order valence-corrected chi connectivity index (χ0v) is 14.5. The summed E-state index contributed by atoms with van der Waals surface area (Å²) in [4.78, 5) is 40.8. The molecule has 5 rings (SSSR count). The van der Waals surface area contributed by atoms with E-state index in [0.29, 0.717) is 37.4 Å². The molecular weight excluding hydrogens is 348 g/mol. The first-order chi connectivity index (χ1) is 13.1. The van der Waals surface area contributed by atoms with Gasteiger partial charge in [0.05, 0.1) is 24.1 Å². The molecule has 0 unspecified atom stereocenters. The minimum atomic E-state index is -0.233. The molecule has 3 aliphatic rings. The quantitative estimate of drug-likeness (QED) is 0.655. The van der Waals surface area contributed by atoms with E-state index < -0.39 is 0 Å². The van der Waals surface area contributed by atoms with Crippen molar-refractivity contribution in [2.24, 2.45) is 11.8 Å². The number of hydrogen-bond donors (Lipinski definition) is 1. The lowest BCUT2D eigenvalue weighted by Gasteiger charge is -2.42. The molecule has 2 saturated heterocycles. The Morgan fingerprint density at radius 3 is 2.48 bits per heavy atom. The number of nitrogens with zero attached hydrogens (tertiary/aromatic N) is 3.